The highest BCUT2D eigenvalue weighted by Gasteiger charge is 2.16. The molecule has 3 N–H and O–H groups in total. The summed E-state index contributed by atoms with van der Waals surface area (Å²) in [5.74, 6) is 3.37. The van der Waals surface area contributed by atoms with Gasteiger partial charge in [0.25, 0.3) is 0 Å². The smallest absolute Gasteiger partial charge is 0.373 e. The number of carbonyl (C=O) groups excluding carboxylic acids is 6. The van der Waals surface area contributed by atoms with E-state index in [1.165, 1.54) is 31.0 Å². The van der Waals surface area contributed by atoms with Crippen molar-refractivity contribution in [1.29, 1.82) is 0 Å². The second kappa shape index (κ2) is 27.4. The Morgan fingerprint density at radius 2 is 1.09 bits per heavy atom. The zero-order valence-corrected chi connectivity index (χ0v) is 29.9. The normalized spacial score (nSPS) is 12.4. The van der Waals surface area contributed by atoms with Crippen molar-refractivity contribution in [2.75, 3.05) is 13.2 Å². The number of aromatic amines is 3. The van der Waals surface area contributed by atoms with E-state index in [-0.39, 0.29) is 36.3 Å². The van der Waals surface area contributed by atoms with E-state index in [1.807, 2.05) is 19.9 Å². The van der Waals surface area contributed by atoms with Crippen LogP contribution in [0.3, 0.4) is 0 Å². The Morgan fingerprint density at radius 1 is 0.648 bits per heavy atom. The summed E-state index contributed by atoms with van der Waals surface area (Å²) in [6.45, 7) is 7.78. The second-order valence-electron chi connectivity index (χ2n) is 10.9. The minimum atomic E-state index is -0.840. The molecule has 0 radical (unpaired) electrons. The number of benzene rings is 2. The fourth-order valence-electron chi connectivity index (χ4n) is 4.66. The quantitative estimate of drug-likeness (QED) is 0.194. The lowest BCUT2D eigenvalue weighted by Crippen LogP contribution is -2.19. The summed E-state index contributed by atoms with van der Waals surface area (Å²) in [5.41, 5.74) is 0.912. The van der Waals surface area contributed by atoms with Crippen molar-refractivity contribution in [1.82, 2.24) is 45.5 Å². The van der Waals surface area contributed by atoms with Gasteiger partial charge in [0, 0.05) is 51.7 Å². The number of H-pyrrole nitrogens is 3. The third-order valence-electron chi connectivity index (χ3n) is 7.12. The Bertz CT molecular complexity index is 1860. The molecule has 6 rings (SSSR count). The van der Waals surface area contributed by atoms with Crippen molar-refractivity contribution in [3.05, 3.63) is 106 Å². The summed E-state index contributed by atoms with van der Waals surface area (Å²) in [6.07, 6.45) is 7.23. The maximum Gasteiger partial charge on any atom is 0.373 e. The minimum absolute atomic E-state index is 0.202. The molecule has 5 aromatic rings. The Balaban J connectivity index is 0.000000365. The van der Waals surface area contributed by atoms with Crippen LogP contribution in [0.5, 0.6) is 0 Å². The van der Waals surface area contributed by atoms with Crippen LogP contribution in [0.15, 0.2) is 42.5 Å². The molecular formula is C35H40F3N9O7. The van der Waals surface area contributed by atoms with Crippen LogP contribution in [0.25, 0.3) is 0 Å². The van der Waals surface area contributed by atoms with Gasteiger partial charge >= 0.3 is 18.5 Å². The molecule has 288 valence electrons. The predicted molar refractivity (Wildman–Crippen MR) is 178 cm³/mol. The lowest BCUT2D eigenvalue weighted by molar-refractivity contribution is -0.193. The van der Waals surface area contributed by atoms with Gasteiger partial charge in [0.05, 0.1) is 0 Å². The molecule has 16 nitrogen and oxygen atoms in total. The molecule has 0 amide bonds. The van der Waals surface area contributed by atoms with E-state index in [0.717, 1.165) is 56.0 Å². The van der Waals surface area contributed by atoms with Gasteiger partial charge < -0.3 is 4.74 Å². The van der Waals surface area contributed by atoms with Crippen LogP contribution in [0.4, 0.5) is 13.2 Å². The third-order valence-corrected chi connectivity index (χ3v) is 7.12. The Morgan fingerprint density at radius 3 is 1.56 bits per heavy atom. The monoisotopic (exact) mass is 755 g/mol. The predicted octanol–water partition coefficient (Wildman–Crippen LogP) is 3.92. The average molecular weight is 756 g/mol. The number of nitrogens with one attached hydrogen (secondary N) is 3. The van der Waals surface area contributed by atoms with E-state index in [2.05, 4.69) is 52.5 Å². The zero-order valence-electron chi connectivity index (χ0n) is 29.9. The SMILES string of the molecule is CCc1n[nH]c(CC2CCCOC2)n1.CCc1n[nH]c(Cc2cccc(F)c2F)n1.CCc1n[nH]c(Cc2ccccc2F)n1.O=C=O.O=C=O.O=C=O. The number of halogens is 3. The van der Waals surface area contributed by atoms with Gasteiger partial charge in [-0.05, 0) is 42.0 Å². The molecule has 3 aromatic heterocycles. The second-order valence-corrected chi connectivity index (χ2v) is 10.9. The molecule has 4 heterocycles. The van der Waals surface area contributed by atoms with Crippen LogP contribution in [0.2, 0.25) is 0 Å². The van der Waals surface area contributed by atoms with Gasteiger partial charge in [-0.1, -0.05) is 51.1 Å². The highest BCUT2D eigenvalue weighted by atomic mass is 19.2. The first kappa shape index (κ1) is 45.8. The molecule has 19 heteroatoms. The first-order chi connectivity index (χ1) is 26.1. The van der Waals surface area contributed by atoms with Gasteiger partial charge in [-0.2, -0.15) is 44.1 Å². The number of aryl methyl sites for hydroxylation is 3. The molecule has 1 saturated heterocycles. The van der Waals surface area contributed by atoms with E-state index >= 15 is 0 Å². The first-order valence-corrected chi connectivity index (χ1v) is 16.5. The van der Waals surface area contributed by atoms with Gasteiger partial charge in [-0.25, -0.2) is 28.1 Å². The van der Waals surface area contributed by atoms with Gasteiger partial charge in [0.1, 0.15) is 40.8 Å². The molecule has 1 unspecified atom stereocenters. The minimum Gasteiger partial charge on any atom is -0.381 e. The fraction of sp³-hybridized carbons (Fsp3) is 0.400. The number of hydrogen-bond acceptors (Lipinski definition) is 13. The van der Waals surface area contributed by atoms with Crippen LogP contribution in [0.1, 0.15) is 79.7 Å². The van der Waals surface area contributed by atoms with Crippen LogP contribution in [-0.4, -0.2) is 77.2 Å². The van der Waals surface area contributed by atoms with E-state index in [9.17, 15) is 13.2 Å². The molecule has 0 spiro atoms. The fourth-order valence-corrected chi connectivity index (χ4v) is 4.66. The van der Waals surface area contributed by atoms with Crippen molar-refractivity contribution in [2.45, 2.75) is 72.1 Å². The van der Waals surface area contributed by atoms with Crippen LogP contribution in [0, 0.1) is 23.4 Å². The van der Waals surface area contributed by atoms with E-state index in [0.29, 0.717) is 41.8 Å². The lowest BCUT2D eigenvalue weighted by atomic mass is 9.98. The summed E-state index contributed by atoms with van der Waals surface area (Å²) in [4.78, 5) is 61.5. The van der Waals surface area contributed by atoms with Gasteiger partial charge in [0.2, 0.25) is 0 Å². The zero-order chi connectivity index (χ0) is 40.1. The highest BCUT2D eigenvalue weighted by molar-refractivity contribution is 5.23. The molecule has 54 heavy (non-hydrogen) atoms. The molecule has 0 bridgehead atoms. The van der Waals surface area contributed by atoms with Crippen LogP contribution in [-0.2, 0) is 72.0 Å². The van der Waals surface area contributed by atoms with Gasteiger partial charge in [0.15, 0.2) is 11.6 Å². The number of nitrogens with zero attached hydrogens (tertiary/aromatic N) is 6. The van der Waals surface area contributed by atoms with Crippen molar-refractivity contribution in [2.24, 2.45) is 5.92 Å². The summed E-state index contributed by atoms with van der Waals surface area (Å²) < 4.78 is 45.0. The molecule has 0 aliphatic carbocycles. The maximum atomic E-state index is 13.3. The van der Waals surface area contributed by atoms with Crippen LogP contribution < -0.4 is 0 Å². The van der Waals surface area contributed by atoms with E-state index in [1.54, 1.807) is 12.1 Å². The van der Waals surface area contributed by atoms with Crippen molar-refractivity contribution < 1.29 is 46.7 Å². The topological polar surface area (TPSA) is 236 Å². The molecule has 1 fully saturated rings. The van der Waals surface area contributed by atoms with E-state index in [4.69, 9.17) is 33.5 Å². The third kappa shape index (κ3) is 17.8. The molecular weight excluding hydrogens is 715 g/mol. The van der Waals surface area contributed by atoms with Gasteiger partial charge in [-0.3, -0.25) is 15.3 Å². The van der Waals surface area contributed by atoms with Gasteiger partial charge in [-0.15, -0.1) is 0 Å². The number of hydrogen-bond donors (Lipinski definition) is 3. The molecule has 2 aromatic carbocycles. The van der Waals surface area contributed by atoms with Crippen molar-refractivity contribution in [3.8, 4) is 0 Å². The largest absolute Gasteiger partial charge is 0.381 e. The summed E-state index contributed by atoms with van der Waals surface area (Å²) in [5, 5.41) is 20.5. The van der Waals surface area contributed by atoms with Crippen molar-refractivity contribution in [3.63, 3.8) is 0 Å². The molecule has 1 aliphatic rings. The summed E-state index contributed by atoms with van der Waals surface area (Å²) in [6, 6.07) is 10.8. The Kier molecular flexibility index (Phi) is 23.2. The average Bonchev–Trinajstić information content (AvgIpc) is 3.95. The number of rotatable bonds is 9. The summed E-state index contributed by atoms with van der Waals surface area (Å²) in [7, 11) is 0. The standard InChI is InChI=1S/C11H11F2N3.C11H12FN3.C10H17N3O.3CO2/c1-2-9-14-10(16-15-9)6-7-4-3-5-8(12)11(7)13;1-2-10-13-11(15-14-10)7-8-5-3-4-6-9(8)12;1-2-9-11-10(13-12-9)6-8-4-3-5-14-7-8;3*2-1-3/h3-5H,2,6H2,1H3,(H,14,15,16);3-6H,2,7H2,1H3,(H,13,14,15);8H,2-7H2,1H3,(H,11,12,13);;;. The Labute approximate surface area is 307 Å². The first-order valence-electron chi connectivity index (χ1n) is 16.5. The van der Waals surface area contributed by atoms with Crippen molar-refractivity contribution >= 4 is 18.5 Å². The van der Waals surface area contributed by atoms with E-state index < -0.39 is 11.6 Å². The molecule has 0 saturated carbocycles. The highest BCUT2D eigenvalue weighted by Crippen LogP contribution is 2.17. The number of aromatic nitrogens is 9. The maximum absolute atomic E-state index is 13.3. The lowest BCUT2D eigenvalue weighted by Gasteiger charge is -2.20. The Hall–Kier alpha value is -6.25. The molecule has 1 aliphatic heterocycles. The number of ether oxygens (including phenoxy) is 1. The molecule has 1 atom stereocenters. The summed E-state index contributed by atoms with van der Waals surface area (Å²) >= 11 is 0. The van der Waals surface area contributed by atoms with Crippen LogP contribution >= 0.6 is 0 Å².